The number of aliphatic imine (C=N–C) groups is 1. The highest BCUT2D eigenvalue weighted by atomic mass is 16.3. The number of nitrogens with one attached hydrogen (secondary N) is 2. The average molecular weight is 900 g/mol. The molecular weight excluding hydrogens is 857 g/mol. The van der Waals surface area contributed by atoms with E-state index in [1.165, 1.54) is 32.3 Å². The molecule has 70 heavy (non-hydrogen) atoms. The van der Waals surface area contributed by atoms with Crippen LogP contribution in [-0.4, -0.2) is 17.5 Å². The van der Waals surface area contributed by atoms with Crippen LogP contribution >= 0.6 is 0 Å². The summed E-state index contributed by atoms with van der Waals surface area (Å²) in [7, 11) is 2.25. The van der Waals surface area contributed by atoms with Crippen molar-refractivity contribution in [3.8, 4) is 16.8 Å². The van der Waals surface area contributed by atoms with Crippen LogP contribution in [0.3, 0.4) is 0 Å². The molecule has 3 atom stereocenters. The van der Waals surface area contributed by atoms with Crippen LogP contribution < -0.4 is 10.2 Å². The van der Waals surface area contributed by atoms with Crippen molar-refractivity contribution in [3.63, 3.8) is 0 Å². The molecule has 6 heteroatoms. The van der Waals surface area contributed by atoms with Crippen LogP contribution in [0, 0.1) is 0 Å². The van der Waals surface area contributed by atoms with Crippen molar-refractivity contribution in [3.05, 3.63) is 235 Å². The van der Waals surface area contributed by atoms with Crippen molar-refractivity contribution in [2.75, 3.05) is 7.05 Å². The summed E-state index contributed by atoms with van der Waals surface area (Å²) < 4.78 is 16.8. The van der Waals surface area contributed by atoms with E-state index in [1.54, 1.807) is 0 Å². The van der Waals surface area contributed by atoms with Crippen LogP contribution in [0.5, 0.6) is 0 Å². The topological polar surface area (TPSA) is 60.0 Å². The molecule has 3 aromatic heterocycles. The molecule has 0 saturated heterocycles. The zero-order valence-electron chi connectivity index (χ0n) is 38.2. The molecule has 0 bridgehead atoms. The summed E-state index contributed by atoms with van der Waals surface area (Å²) in [5.41, 5.74) is 12.1. The Morgan fingerprint density at radius 1 is 0.443 bits per heavy atom. The maximum Gasteiger partial charge on any atom is 0.214 e. The Hall–Kier alpha value is -8.97. The highest BCUT2D eigenvalue weighted by Crippen LogP contribution is 2.45. The number of furan rings is 2. The van der Waals surface area contributed by atoms with Crippen LogP contribution in [0.2, 0.25) is 0 Å². The van der Waals surface area contributed by atoms with E-state index in [0.717, 1.165) is 110 Å². The number of amidine groups is 1. The predicted molar refractivity (Wildman–Crippen MR) is 288 cm³/mol. The minimum absolute atomic E-state index is 0.303. The van der Waals surface area contributed by atoms with Gasteiger partial charge in [-0.25, -0.2) is 4.99 Å². The molecule has 0 saturated carbocycles. The lowest BCUT2D eigenvalue weighted by molar-refractivity contribution is -0.947. The lowest BCUT2D eigenvalue weighted by Gasteiger charge is -2.36. The molecule has 11 aromatic carbocycles. The van der Waals surface area contributed by atoms with Crippen molar-refractivity contribution >= 4 is 104 Å². The SMILES string of the molecule is C[NH+]1C(c2cccc3c2oc2ccccc23)N=C(c2ccccc2-c2ccccc2)NC1c1cc2ccccc2c2c1oc1c(-n3c4cc5ccccc5cc4c4c5ccccc5ccc43)cccc12. The van der Waals surface area contributed by atoms with Crippen LogP contribution in [0.1, 0.15) is 29.0 Å². The number of aromatic nitrogens is 1. The van der Waals surface area contributed by atoms with E-state index in [4.69, 9.17) is 13.8 Å². The van der Waals surface area contributed by atoms with Crippen molar-refractivity contribution in [2.24, 2.45) is 4.99 Å². The fourth-order valence-corrected chi connectivity index (χ4v) is 11.8. The first-order valence-electron chi connectivity index (χ1n) is 24.1. The van der Waals surface area contributed by atoms with E-state index in [1.807, 2.05) is 6.07 Å². The zero-order valence-corrected chi connectivity index (χ0v) is 38.2. The van der Waals surface area contributed by atoms with Crippen molar-refractivity contribution in [2.45, 2.75) is 12.3 Å². The number of para-hydroxylation sites is 3. The van der Waals surface area contributed by atoms with Crippen LogP contribution in [0.25, 0.3) is 115 Å². The Labute approximate surface area is 401 Å². The number of hydrogen-bond acceptors (Lipinski definition) is 4. The highest BCUT2D eigenvalue weighted by Gasteiger charge is 2.39. The summed E-state index contributed by atoms with van der Waals surface area (Å²) in [4.78, 5) is 6.84. The van der Waals surface area contributed by atoms with Gasteiger partial charge < -0.3 is 18.7 Å². The van der Waals surface area contributed by atoms with Crippen LogP contribution in [-0.2, 0) is 0 Å². The highest BCUT2D eigenvalue weighted by molar-refractivity contribution is 6.25. The number of rotatable bonds is 5. The molecule has 0 radical (unpaired) electrons. The second kappa shape index (κ2) is 15.0. The second-order valence-electron chi connectivity index (χ2n) is 18.8. The molecule has 3 unspecified atom stereocenters. The molecular formula is C64H43N4O2+. The Morgan fingerprint density at radius 3 is 1.94 bits per heavy atom. The predicted octanol–water partition coefficient (Wildman–Crippen LogP) is 15.0. The van der Waals surface area contributed by atoms with Gasteiger partial charge in [-0.15, -0.1) is 0 Å². The number of nitrogens with zero attached hydrogens (tertiary/aromatic N) is 2. The smallest absolute Gasteiger partial charge is 0.214 e. The third-order valence-electron chi connectivity index (χ3n) is 15.0. The van der Waals surface area contributed by atoms with Gasteiger partial charge in [0.2, 0.25) is 6.17 Å². The monoisotopic (exact) mass is 899 g/mol. The zero-order chi connectivity index (χ0) is 46.0. The summed E-state index contributed by atoms with van der Waals surface area (Å²) in [6, 6.07) is 78.4. The van der Waals surface area contributed by atoms with Gasteiger partial charge in [-0.1, -0.05) is 176 Å². The van der Waals surface area contributed by atoms with Gasteiger partial charge in [0, 0.05) is 37.9 Å². The largest absolute Gasteiger partial charge is 0.455 e. The van der Waals surface area contributed by atoms with E-state index in [9.17, 15) is 0 Å². The first kappa shape index (κ1) is 39.1. The summed E-state index contributed by atoms with van der Waals surface area (Å²) >= 11 is 0. The minimum atomic E-state index is -0.349. The van der Waals surface area contributed by atoms with Gasteiger partial charge in [0.15, 0.2) is 11.7 Å². The molecule has 2 N–H and O–H groups in total. The normalized spacial score (nSPS) is 16.4. The Balaban J connectivity index is 0.999. The molecule has 0 fully saturated rings. The van der Waals surface area contributed by atoms with E-state index in [2.05, 4.69) is 229 Å². The third-order valence-corrected chi connectivity index (χ3v) is 15.0. The molecule has 1 aliphatic rings. The molecule has 4 heterocycles. The Kier molecular flexibility index (Phi) is 8.38. The van der Waals surface area contributed by atoms with E-state index >= 15 is 0 Å². The maximum atomic E-state index is 7.57. The first-order valence-corrected chi connectivity index (χ1v) is 24.1. The van der Waals surface area contributed by atoms with Gasteiger partial charge in [0.1, 0.15) is 22.6 Å². The average Bonchev–Trinajstić information content (AvgIpc) is 4.11. The van der Waals surface area contributed by atoms with Crippen LogP contribution in [0.4, 0.5) is 0 Å². The number of benzene rings is 11. The van der Waals surface area contributed by atoms with Gasteiger partial charge in [0.25, 0.3) is 0 Å². The molecule has 0 amide bonds. The van der Waals surface area contributed by atoms with Gasteiger partial charge in [0.05, 0.1) is 34.9 Å². The molecule has 15 rings (SSSR count). The van der Waals surface area contributed by atoms with Gasteiger partial charge in [-0.3, -0.25) is 4.90 Å². The summed E-state index contributed by atoms with van der Waals surface area (Å²) in [5, 5.41) is 18.0. The molecule has 1 aliphatic heterocycles. The van der Waals surface area contributed by atoms with Gasteiger partial charge in [-0.2, -0.15) is 0 Å². The maximum absolute atomic E-state index is 7.57. The standard InChI is InChI=1S/C64H42N4O2/c1-67-63(50-30-15-28-47-46-26-13-14-32-56(46)69-59(47)50)65-62(48-27-12-11-23-43(48)38-17-3-2-4-18-38)66-64(67)52-36-42-22-8-10-25-45(42)58-49-29-16-31-54(60(49)70-61(52)58)68-53-34-33-39-19-7-9-24-44(39)57(53)51-35-40-20-5-6-21-41(40)37-55(51)68/h2-37,63-64H,1H3,(H,65,66)/p+1. The molecule has 330 valence electrons. The van der Waals surface area contributed by atoms with Crippen molar-refractivity contribution < 1.29 is 13.7 Å². The molecule has 0 spiro atoms. The summed E-state index contributed by atoms with van der Waals surface area (Å²) in [6.07, 6.45) is -0.652. The van der Waals surface area contributed by atoms with Crippen molar-refractivity contribution in [1.82, 2.24) is 9.88 Å². The number of quaternary nitrogens is 1. The lowest BCUT2D eigenvalue weighted by atomic mass is 9.95. The molecule has 6 nitrogen and oxygen atoms in total. The molecule has 0 aliphatic carbocycles. The fourth-order valence-electron chi connectivity index (χ4n) is 11.8. The molecule has 14 aromatic rings. The second-order valence-corrected chi connectivity index (χ2v) is 18.8. The number of fused-ring (bicyclic) bond motifs is 14. The Morgan fingerprint density at radius 2 is 1.10 bits per heavy atom. The first-order chi connectivity index (χ1) is 34.6. The summed E-state index contributed by atoms with van der Waals surface area (Å²) in [5.74, 6) is 0.816. The van der Waals surface area contributed by atoms with E-state index < -0.39 is 0 Å². The lowest BCUT2D eigenvalue weighted by Crippen LogP contribution is -3.12. The third kappa shape index (κ3) is 5.68. The summed E-state index contributed by atoms with van der Waals surface area (Å²) in [6.45, 7) is 0. The van der Waals surface area contributed by atoms with Gasteiger partial charge >= 0.3 is 0 Å². The minimum Gasteiger partial charge on any atom is -0.455 e. The van der Waals surface area contributed by atoms with E-state index in [0.29, 0.717) is 0 Å². The fraction of sp³-hybridized carbons (Fsp3) is 0.0469. The van der Waals surface area contributed by atoms with Crippen LogP contribution in [0.15, 0.2) is 232 Å². The van der Waals surface area contributed by atoms with Crippen molar-refractivity contribution in [1.29, 1.82) is 0 Å². The van der Waals surface area contributed by atoms with Gasteiger partial charge in [-0.05, 0) is 85.9 Å². The van der Waals surface area contributed by atoms with E-state index in [-0.39, 0.29) is 12.3 Å². The quantitative estimate of drug-likeness (QED) is 0.181. The number of hydrogen-bond donors (Lipinski definition) is 2. The Bertz CT molecular complexity index is 4500.